The van der Waals surface area contributed by atoms with E-state index in [2.05, 4.69) is 10.3 Å². The number of rotatable bonds is 3. The third-order valence-electron chi connectivity index (χ3n) is 3.89. The van der Waals surface area contributed by atoms with Crippen molar-refractivity contribution in [2.75, 3.05) is 6.54 Å². The molecule has 0 saturated carbocycles. The number of nitrogens with zero attached hydrogens (tertiary/aromatic N) is 3. The highest BCUT2D eigenvalue weighted by Crippen LogP contribution is 2.27. The van der Waals surface area contributed by atoms with Crippen LogP contribution in [0.3, 0.4) is 0 Å². The van der Waals surface area contributed by atoms with Crippen LogP contribution < -0.4 is 5.32 Å². The van der Waals surface area contributed by atoms with Gasteiger partial charge in [-0.2, -0.15) is 0 Å². The van der Waals surface area contributed by atoms with Crippen LogP contribution in [0.15, 0.2) is 12.4 Å². The Morgan fingerprint density at radius 2 is 2.00 bits per heavy atom. The van der Waals surface area contributed by atoms with E-state index >= 15 is 0 Å². The quantitative estimate of drug-likeness (QED) is 0.893. The zero-order valence-corrected chi connectivity index (χ0v) is 13.4. The Labute approximate surface area is 125 Å². The summed E-state index contributed by atoms with van der Waals surface area (Å²) in [6, 6.07) is -0.904. The van der Waals surface area contributed by atoms with Crippen molar-refractivity contribution in [3.63, 3.8) is 0 Å². The largest absolute Gasteiger partial charge is 0.343 e. The predicted molar refractivity (Wildman–Crippen MR) is 79.5 cm³/mol. The molecule has 1 saturated heterocycles. The summed E-state index contributed by atoms with van der Waals surface area (Å²) in [5, 5.41) is 2.77. The lowest BCUT2D eigenvalue weighted by Crippen LogP contribution is -2.66. The molecule has 6 nitrogen and oxygen atoms in total. The molecule has 0 bridgehead atoms. The Hall–Kier alpha value is -1.85. The molecule has 0 aromatic carbocycles. The normalized spacial score (nSPS) is 23.4. The van der Waals surface area contributed by atoms with Gasteiger partial charge in [0.05, 0.1) is 0 Å². The molecule has 6 heteroatoms. The molecule has 2 amide bonds. The fourth-order valence-electron chi connectivity index (χ4n) is 2.83. The van der Waals surface area contributed by atoms with Gasteiger partial charge >= 0.3 is 0 Å². The van der Waals surface area contributed by atoms with Crippen molar-refractivity contribution in [1.82, 2.24) is 19.8 Å². The van der Waals surface area contributed by atoms with E-state index in [0.29, 0.717) is 13.0 Å². The zero-order valence-electron chi connectivity index (χ0n) is 13.4. The second-order valence-corrected chi connectivity index (χ2v) is 6.73. The third-order valence-corrected chi connectivity index (χ3v) is 3.89. The van der Waals surface area contributed by atoms with Crippen molar-refractivity contribution in [2.24, 2.45) is 12.5 Å². The molecule has 2 unspecified atom stereocenters. The van der Waals surface area contributed by atoms with E-state index in [1.165, 1.54) is 0 Å². The van der Waals surface area contributed by atoms with Crippen LogP contribution in [0.25, 0.3) is 0 Å². The van der Waals surface area contributed by atoms with E-state index in [9.17, 15) is 9.59 Å². The van der Waals surface area contributed by atoms with Crippen LogP contribution in [0, 0.1) is 5.41 Å². The molecule has 0 radical (unpaired) electrons. The molecule has 0 aliphatic carbocycles. The molecule has 1 aromatic rings. The topological polar surface area (TPSA) is 67.2 Å². The van der Waals surface area contributed by atoms with Gasteiger partial charge in [-0.3, -0.25) is 9.59 Å². The molecule has 21 heavy (non-hydrogen) atoms. The second-order valence-electron chi connectivity index (χ2n) is 6.73. The minimum atomic E-state index is -0.461. The fraction of sp³-hybridized carbons (Fsp3) is 0.667. The zero-order chi connectivity index (χ0) is 15.8. The number of aromatic nitrogens is 2. The summed E-state index contributed by atoms with van der Waals surface area (Å²) < 4.78 is 1.93. The number of piperazine rings is 1. The molecule has 0 spiro atoms. The minimum Gasteiger partial charge on any atom is -0.343 e. The van der Waals surface area contributed by atoms with Gasteiger partial charge in [0, 0.05) is 32.4 Å². The summed E-state index contributed by atoms with van der Waals surface area (Å²) >= 11 is 0. The number of nitrogens with one attached hydrogen (secondary N) is 1. The highest BCUT2D eigenvalue weighted by molar-refractivity contribution is 5.97. The highest BCUT2D eigenvalue weighted by Gasteiger charge is 2.44. The second kappa shape index (κ2) is 5.50. The van der Waals surface area contributed by atoms with Crippen LogP contribution in [0.5, 0.6) is 0 Å². The van der Waals surface area contributed by atoms with Gasteiger partial charge in [-0.15, -0.1) is 0 Å². The van der Waals surface area contributed by atoms with Crippen LogP contribution in [-0.2, 0) is 23.1 Å². The highest BCUT2D eigenvalue weighted by atomic mass is 16.2. The molecule has 2 atom stereocenters. The van der Waals surface area contributed by atoms with E-state index in [1.807, 2.05) is 38.6 Å². The summed E-state index contributed by atoms with van der Waals surface area (Å²) in [7, 11) is 1.93. The van der Waals surface area contributed by atoms with Crippen molar-refractivity contribution in [3.05, 3.63) is 18.2 Å². The van der Waals surface area contributed by atoms with Crippen LogP contribution in [0.2, 0.25) is 0 Å². The average Bonchev–Trinajstić information content (AvgIpc) is 2.75. The number of imidazole rings is 1. The first-order valence-electron chi connectivity index (χ1n) is 7.29. The smallest absolute Gasteiger partial charge is 0.245 e. The standard InChI is InChI=1S/C15H24N4O2/c1-10-14(21)19(8-6-11-16-7-9-18(11)5)12(13(20)17-10)15(2,3)4/h7,9-10,12H,6,8H2,1-5H3,(H,17,20). The van der Waals surface area contributed by atoms with Crippen molar-refractivity contribution < 1.29 is 9.59 Å². The van der Waals surface area contributed by atoms with Crippen LogP contribution in [-0.4, -0.2) is 44.9 Å². The van der Waals surface area contributed by atoms with Crippen molar-refractivity contribution in [1.29, 1.82) is 0 Å². The first-order valence-corrected chi connectivity index (χ1v) is 7.29. The SMILES string of the molecule is CC1NC(=O)C(C(C)(C)C)N(CCc2nccn2C)C1=O. The molecule has 116 valence electrons. The number of hydrogen-bond donors (Lipinski definition) is 1. The lowest BCUT2D eigenvalue weighted by molar-refractivity contribution is -0.153. The monoisotopic (exact) mass is 292 g/mol. The molecule has 1 aromatic heterocycles. The maximum atomic E-state index is 12.5. The molecule has 1 N–H and O–H groups in total. The third kappa shape index (κ3) is 3.09. The van der Waals surface area contributed by atoms with Gasteiger partial charge in [0.2, 0.25) is 11.8 Å². The molecular weight excluding hydrogens is 268 g/mol. The number of carbonyl (C=O) groups excluding carboxylic acids is 2. The van der Waals surface area contributed by atoms with E-state index in [4.69, 9.17) is 0 Å². The Morgan fingerprint density at radius 1 is 1.33 bits per heavy atom. The summed E-state index contributed by atoms with van der Waals surface area (Å²) in [6.45, 7) is 8.17. The van der Waals surface area contributed by atoms with E-state index < -0.39 is 12.1 Å². The van der Waals surface area contributed by atoms with Gasteiger partial charge in [0.15, 0.2) is 0 Å². The summed E-state index contributed by atoms with van der Waals surface area (Å²) in [6.07, 6.45) is 4.26. The molecule has 1 aliphatic heterocycles. The van der Waals surface area contributed by atoms with E-state index in [-0.39, 0.29) is 17.2 Å². The number of amides is 2. The van der Waals surface area contributed by atoms with Crippen molar-refractivity contribution in [2.45, 2.75) is 46.2 Å². The summed E-state index contributed by atoms with van der Waals surface area (Å²) in [4.78, 5) is 30.7. The lowest BCUT2D eigenvalue weighted by atomic mass is 9.83. The number of hydrogen-bond acceptors (Lipinski definition) is 3. The molecular formula is C15H24N4O2. The maximum absolute atomic E-state index is 12.5. The first kappa shape index (κ1) is 15.5. The Morgan fingerprint density at radius 3 is 2.52 bits per heavy atom. The molecule has 2 heterocycles. The molecule has 1 aliphatic rings. The summed E-state index contributed by atoms with van der Waals surface area (Å²) in [5.74, 6) is 0.812. The van der Waals surface area contributed by atoms with Gasteiger partial charge < -0.3 is 14.8 Å². The van der Waals surface area contributed by atoms with Gasteiger partial charge in [-0.05, 0) is 12.3 Å². The van der Waals surface area contributed by atoms with Crippen LogP contribution in [0.4, 0.5) is 0 Å². The van der Waals surface area contributed by atoms with Gasteiger partial charge in [-0.1, -0.05) is 20.8 Å². The summed E-state index contributed by atoms with van der Waals surface area (Å²) in [5.41, 5.74) is -0.304. The Bertz CT molecular complexity index is 544. The average molecular weight is 292 g/mol. The predicted octanol–water partition coefficient (Wildman–Crippen LogP) is 0.724. The fourth-order valence-corrected chi connectivity index (χ4v) is 2.83. The van der Waals surface area contributed by atoms with Gasteiger partial charge in [0.1, 0.15) is 17.9 Å². The Kier molecular flexibility index (Phi) is 4.07. The number of carbonyl (C=O) groups is 2. The van der Waals surface area contributed by atoms with Gasteiger partial charge in [0.25, 0.3) is 0 Å². The minimum absolute atomic E-state index is 0.0243. The van der Waals surface area contributed by atoms with Crippen molar-refractivity contribution >= 4 is 11.8 Å². The van der Waals surface area contributed by atoms with Crippen LogP contribution >= 0.6 is 0 Å². The van der Waals surface area contributed by atoms with E-state index in [0.717, 1.165) is 5.82 Å². The van der Waals surface area contributed by atoms with E-state index in [1.54, 1.807) is 18.0 Å². The van der Waals surface area contributed by atoms with Crippen molar-refractivity contribution in [3.8, 4) is 0 Å². The molecule has 1 fully saturated rings. The first-order chi connectivity index (χ1) is 9.71. The van der Waals surface area contributed by atoms with Gasteiger partial charge in [-0.25, -0.2) is 4.98 Å². The molecule has 2 rings (SSSR count). The number of aryl methyl sites for hydroxylation is 1. The van der Waals surface area contributed by atoms with Crippen LogP contribution in [0.1, 0.15) is 33.5 Å². The Balaban J connectivity index is 2.20. The maximum Gasteiger partial charge on any atom is 0.245 e. The lowest BCUT2D eigenvalue weighted by Gasteiger charge is -2.44.